The first kappa shape index (κ1) is 14.4. The molecular formula is C14H13NO4. The fourth-order valence-corrected chi connectivity index (χ4v) is 1.29. The van der Waals surface area contributed by atoms with Gasteiger partial charge in [-0.1, -0.05) is 42.5 Å². The number of phenolic OH excluding ortho intramolecular Hbond substituents is 1. The van der Waals surface area contributed by atoms with E-state index >= 15 is 0 Å². The van der Waals surface area contributed by atoms with Crippen molar-refractivity contribution in [1.29, 1.82) is 0 Å². The van der Waals surface area contributed by atoms with Crippen LogP contribution < -0.4 is 0 Å². The van der Waals surface area contributed by atoms with E-state index in [2.05, 4.69) is 0 Å². The SMILES string of the molecule is CC(=O)c1ccccc1.O=[N+]([O-])c1ccccc1O. The van der Waals surface area contributed by atoms with Crippen LogP contribution >= 0.6 is 0 Å². The standard InChI is InChI=1S/C8H8O.C6H5NO3/c1-7(9)8-5-3-2-4-6-8;8-6-4-2-1-3-5(6)7(9)10/h2-6H,1H3;1-4,8H. The second-order valence-corrected chi connectivity index (χ2v) is 3.67. The summed E-state index contributed by atoms with van der Waals surface area (Å²) in [5, 5.41) is 18.9. The van der Waals surface area contributed by atoms with Crippen LogP contribution in [0.5, 0.6) is 5.75 Å². The van der Waals surface area contributed by atoms with Crippen molar-refractivity contribution in [3.05, 3.63) is 70.3 Å². The van der Waals surface area contributed by atoms with Crippen LogP contribution in [0.3, 0.4) is 0 Å². The summed E-state index contributed by atoms with van der Waals surface area (Å²) < 4.78 is 0. The molecular weight excluding hydrogens is 246 g/mol. The zero-order valence-electron chi connectivity index (χ0n) is 10.3. The van der Waals surface area contributed by atoms with E-state index in [0.29, 0.717) is 0 Å². The summed E-state index contributed by atoms with van der Waals surface area (Å²) in [5.74, 6) is -0.178. The smallest absolute Gasteiger partial charge is 0.310 e. The Hall–Kier alpha value is -2.69. The number of Topliss-reactive ketones (excluding diaryl/α,β-unsaturated/α-hetero) is 1. The van der Waals surface area contributed by atoms with Crippen LogP contribution in [-0.4, -0.2) is 15.8 Å². The second-order valence-electron chi connectivity index (χ2n) is 3.67. The fraction of sp³-hybridized carbons (Fsp3) is 0.0714. The zero-order chi connectivity index (χ0) is 14.3. The molecule has 0 radical (unpaired) electrons. The highest BCUT2D eigenvalue weighted by Crippen LogP contribution is 2.23. The predicted molar refractivity (Wildman–Crippen MR) is 71.2 cm³/mol. The minimum absolute atomic E-state index is 0.121. The number of carbonyl (C=O) groups is 1. The Morgan fingerprint density at radius 3 is 1.95 bits per heavy atom. The van der Waals surface area contributed by atoms with Crippen LogP contribution in [-0.2, 0) is 0 Å². The molecule has 0 saturated heterocycles. The highest BCUT2D eigenvalue weighted by molar-refractivity contribution is 5.93. The van der Waals surface area contributed by atoms with Gasteiger partial charge in [0.25, 0.3) is 0 Å². The number of ketones is 1. The molecule has 0 aliphatic heterocycles. The molecule has 0 heterocycles. The van der Waals surface area contributed by atoms with Gasteiger partial charge in [0.2, 0.25) is 0 Å². The summed E-state index contributed by atoms with van der Waals surface area (Å²) >= 11 is 0. The predicted octanol–water partition coefficient (Wildman–Crippen LogP) is 3.19. The zero-order valence-corrected chi connectivity index (χ0v) is 10.3. The molecule has 2 aromatic carbocycles. The van der Waals surface area contributed by atoms with Gasteiger partial charge in [-0.25, -0.2) is 0 Å². The number of carbonyl (C=O) groups excluding carboxylic acids is 1. The Morgan fingerprint density at radius 2 is 1.58 bits per heavy atom. The number of nitrogens with zero attached hydrogens (tertiary/aromatic N) is 1. The number of phenols is 1. The Kier molecular flexibility index (Phi) is 5.22. The molecule has 0 aliphatic carbocycles. The quantitative estimate of drug-likeness (QED) is 0.510. The Balaban J connectivity index is 0.000000191. The van der Waals surface area contributed by atoms with Gasteiger partial charge in [-0.2, -0.15) is 0 Å². The van der Waals surface area contributed by atoms with Gasteiger partial charge in [-0.05, 0) is 13.0 Å². The van der Waals surface area contributed by atoms with Crippen LogP contribution in [0, 0.1) is 10.1 Å². The minimum atomic E-state index is -0.630. The lowest BCUT2D eigenvalue weighted by Crippen LogP contribution is -1.88. The monoisotopic (exact) mass is 259 g/mol. The molecule has 0 unspecified atom stereocenters. The maximum Gasteiger partial charge on any atom is 0.310 e. The topological polar surface area (TPSA) is 80.4 Å². The molecule has 0 aliphatic rings. The molecule has 2 aromatic rings. The second kappa shape index (κ2) is 6.90. The van der Waals surface area contributed by atoms with Gasteiger partial charge in [0.15, 0.2) is 11.5 Å². The van der Waals surface area contributed by atoms with Gasteiger partial charge < -0.3 is 5.11 Å². The van der Waals surface area contributed by atoms with E-state index < -0.39 is 4.92 Å². The van der Waals surface area contributed by atoms with Crippen molar-refractivity contribution in [1.82, 2.24) is 0 Å². The van der Waals surface area contributed by atoms with Crippen molar-refractivity contribution in [2.45, 2.75) is 6.92 Å². The Morgan fingerprint density at radius 1 is 1.05 bits per heavy atom. The van der Waals surface area contributed by atoms with Crippen molar-refractivity contribution in [3.63, 3.8) is 0 Å². The van der Waals surface area contributed by atoms with Crippen LogP contribution in [0.25, 0.3) is 0 Å². The molecule has 19 heavy (non-hydrogen) atoms. The normalized spacial score (nSPS) is 9.11. The average Bonchev–Trinajstić information content (AvgIpc) is 2.40. The molecule has 0 bridgehead atoms. The summed E-state index contributed by atoms with van der Waals surface area (Å²) in [7, 11) is 0. The molecule has 1 N–H and O–H groups in total. The molecule has 0 saturated carbocycles. The van der Waals surface area contributed by atoms with E-state index in [4.69, 9.17) is 5.11 Å². The van der Waals surface area contributed by atoms with Crippen molar-refractivity contribution >= 4 is 11.5 Å². The lowest BCUT2D eigenvalue weighted by atomic mass is 10.2. The van der Waals surface area contributed by atoms with Gasteiger partial charge in [-0.3, -0.25) is 14.9 Å². The Bertz CT molecular complexity index is 567. The van der Waals surface area contributed by atoms with Crippen LogP contribution in [0.15, 0.2) is 54.6 Å². The van der Waals surface area contributed by atoms with Gasteiger partial charge in [0.1, 0.15) is 0 Å². The third-order valence-corrected chi connectivity index (χ3v) is 2.26. The van der Waals surface area contributed by atoms with E-state index in [9.17, 15) is 14.9 Å². The van der Waals surface area contributed by atoms with Gasteiger partial charge in [0.05, 0.1) is 4.92 Å². The molecule has 0 aromatic heterocycles. The van der Waals surface area contributed by atoms with Crippen LogP contribution in [0.1, 0.15) is 17.3 Å². The number of para-hydroxylation sites is 2. The van der Waals surface area contributed by atoms with E-state index in [1.54, 1.807) is 6.92 Å². The van der Waals surface area contributed by atoms with Crippen molar-refractivity contribution in [2.75, 3.05) is 0 Å². The number of hydrogen-bond donors (Lipinski definition) is 1. The maximum atomic E-state index is 10.6. The number of benzene rings is 2. The van der Waals surface area contributed by atoms with E-state index in [0.717, 1.165) is 5.56 Å². The first-order valence-corrected chi connectivity index (χ1v) is 5.50. The molecule has 0 fully saturated rings. The third kappa shape index (κ3) is 4.59. The molecule has 98 valence electrons. The largest absolute Gasteiger partial charge is 0.502 e. The van der Waals surface area contributed by atoms with E-state index in [1.165, 1.54) is 24.3 Å². The molecule has 5 nitrogen and oxygen atoms in total. The number of rotatable bonds is 2. The fourth-order valence-electron chi connectivity index (χ4n) is 1.29. The summed E-state index contributed by atoms with van der Waals surface area (Å²) in [6.45, 7) is 1.56. The van der Waals surface area contributed by atoms with Gasteiger partial charge in [0, 0.05) is 11.6 Å². The molecule has 5 heteroatoms. The molecule has 0 amide bonds. The summed E-state index contributed by atoms with van der Waals surface area (Å²) in [4.78, 5) is 20.1. The molecule has 2 rings (SSSR count). The van der Waals surface area contributed by atoms with Crippen LogP contribution in [0.2, 0.25) is 0 Å². The van der Waals surface area contributed by atoms with E-state index in [1.807, 2.05) is 30.3 Å². The third-order valence-electron chi connectivity index (χ3n) is 2.26. The lowest BCUT2D eigenvalue weighted by Gasteiger charge is -1.91. The summed E-state index contributed by atoms with van der Waals surface area (Å²) in [5.41, 5.74) is 0.514. The number of hydrogen-bond acceptors (Lipinski definition) is 4. The van der Waals surface area contributed by atoms with Crippen LogP contribution in [0.4, 0.5) is 5.69 Å². The van der Waals surface area contributed by atoms with Gasteiger partial charge in [-0.15, -0.1) is 0 Å². The summed E-state index contributed by atoms with van der Waals surface area (Å²) in [6, 6.07) is 14.8. The van der Waals surface area contributed by atoms with Crippen molar-refractivity contribution in [2.24, 2.45) is 0 Å². The minimum Gasteiger partial charge on any atom is -0.502 e. The molecule has 0 atom stereocenters. The first-order valence-electron chi connectivity index (χ1n) is 5.50. The maximum absolute atomic E-state index is 10.6. The lowest BCUT2D eigenvalue weighted by molar-refractivity contribution is -0.385. The van der Waals surface area contributed by atoms with Crippen molar-refractivity contribution in [3.8, 4) is 5.75 Å². The highest BCUT2D eigenvalue weighted by Gasteiger charge is 2.09. The number of aromatic hydroxyl groups is 1. The Labute approximate surface area is 110 Å². The van der Waals surface area contributed by atoms with E-state index in [-0.39, 0.29) is 17.2 Å². The van der Waals surface area contributed by atoms with Gasteiger partial charge >= 0.3 is 5.69 Å². The summed E-state index contributed by atoms with van der Waals surface area (Å²) in [6.07, 6.45) is 0. The average molecular weight is 259 g/mol. The van der Waals surface area contributed by atoms with Crippen molar-refractivity contribution < 1.29 is 14.8 Å². The molecule has 0 spiro atoms. The number of nitro groups is 1. The number of nitro benzene ring substituents is 1. The highest BCUT2D eigenvalue weighted by atomic mass is 16.6. The first-order chi connectivity index (χ1) is 9.02.